The summed E-state index contributed by atoms with van der Waals surface area (Å²) in [7, 11) is 0. The van der Waals surface area contributed by atoms with Crippen LogP contribution in [-0.4, -0.2) is 5.91 Å². The SMILES string of the molecule is Cc1ccc(C2Nc3c(C(=O)Nc4ccccc4)cccc3C3C=CCC32)cc1. The smallest absolute Gasteiger partial charge is 0.257 e. The summed E-state index contributed by atoms with van der Waals surface area (Å²) in [6, 6.07) is 24.6. The molecule has 3 unspecified atom stereocenters. The molecule has 0 saturated carbocycles. The third-order valence-corrected chi connectivity index (χ3v) is 6.11. The second kappa shape index (κ2) is 7.25. The van der Waals surface area contributed by atoms with Crippen LogP contribution in [0, 0.1) is 12.8 Å². The molecule has 1 heterocycles. The van der Waals surface area contributed by atoms with Crippen LogP contribution >= 0.6 is 0 Å². The van der Waals surface area contributed by atoms with E-state index in [9.17, 15) is 4.79 Å². The standard InChI is InChI=1S/C26H24N2O/c1-17-13-15-18(16-14-17)24-21-10-5-9-20(21)22-11-6-12-23(25(22)28-24)26(29)27-19-7-3-2-4-8-19/h2-9,11-16,20-21,24,28H,10H2,1H3,(H,27,29). The van der Waals surface area contributed by atoms with E-state index in [1.807, 2.05) is 42.5 Å². The number of carbonyl (C=O) groups excluding carboxylic acids is 1. The molecular formula is C26H24N2O. The topological polar surface area (TPSA) is 41.1 Å². The van der Waals surface area contributed by atoms with Crippen molar-refractivity contribution >= 4 is 17.3 Å². The number of hydrogen-bond acceptors (Lipinski definition) is 2. The monoisotopic (exact) mass is 380 g/mol. The number of benzene rings is 3. The van der Waals surface area contributed by atoms with Gasteiger partial charge in [0.15, 0.2) is 0 Å². The molecule has 2 N–H and O–H groups in total. The Kier molecular flexibility index (Phi) is 4.44. The second-order valence-corrected chi connectivity index (χ2v) is 7.98. The summed E-state index contributed by atoms with van der Waals surface area (Å²) in [5.41, 5.74) is 6.21. The minimum atomic E-state index is -0.0800. The highest BCUT2D eigenvalue weighted by atomic mass is 16.1. The number of anilines is 2. The van der Waals surface area contributed by atoms with E-state index >= 15 is 0 Å². The maximum absolute atomic E-state index is 13.1. The molecule has 3 aromatic rings. The van der Waals surface area contributed by atoms with Crippen LogP contribution in [-0.2, 0) is 0 Å². The molecule has 3 heteroatoms. The lowest BCUT2D eigenvalue weighted by Crippen LogP contribution is -2.30. The largest absolute Gasteiger partial charge is 0.377 e. The predicted octanol–water partition coefficient (Wildman–Crippen LogP) is 6.07. The van der Waals surface area contributed by atoms with Crippen molar-refractivity contribution in [3.05, 3.63) is 107 Å². The van der Waals surface area contributed by atoms with E-state index < -0.39 is 0 Å². The van der Waals surface area contributed by atoms with Gasteiger partial charge in [-0.2, -0.15) is 0 Å². The Bertz CT molecular complexity index is 1070. The molecular weight excluding hydrogens is 356 g/mol. The van der Waals surface area contributed by atoms with Crippen LogP contribution in [0.4, 0.5) is 11.4 Å². The molecule has 1 aliphatic carbocycles. The third kappa shape index (κ3) is 3.23. The first-order valence-corrected chi connectivity index (χ1v) is 10.2. The fourth-order valence-electron chi connectivity index (χ4n) is 4.63. The van der Waals surface area contributed by atoms with Gasteiger partial charge in [0.25, 0.3) is 5.91 Å². The molecule has 0 saturated heterocycles. The van der Waals surface area contributed by atoms with E-state index in [1.165, 1.54) is 16.7 Å². The summed E-state index contributed by atoms with van der Waals surface area (Å²) in [5.74, 6) is 0.725. The maximum atomic E-state index is 13.1. The van der Waals surface area contributed by atoms with Gasteiger partial charge in [-0.1, -0.05) is 72.3 Å². The lowest BCUT2D eigenvalue weighted by molar-refractivity contribution is 0.102. The summed E-state index contributed by atoms with van der Waals surface area (Å²) in [6.45, 7) is 2.11. The molecule has 0 aromatic heterocycles. The molecule has 2 aliphatic rings. The van der Waals surface area contributed by atoms with Gasteiger partial charge in [0.2, 0.25) is 0 Å². The molecule has 3 nitrogen and oxygen atoms in total. The van der Waals surface area contributed by atoms with E-state index in [0.29, 0.717) is 17.4 Å². The number of amides is 1. The Morgan fingerprint density at radius 2 is 1.76 bits per heavy atom. The highest BCUT2D eigenvalue weighted by Crippen LogP contribution is 2.50. The fourth-order valence-corrected chi connectivity index (χ4v) is 4.63. The first-order valence-electron chi connectivity index (χ1n) is 10.2. The molecule has 0 bridgehead atoms. The molecule has 3 atom stereocenters. The summed E-state index contributed by atoms with van der Waals surface area (Å²) < 4.78 is 0. The van der Waals surface area contributed by atoms with Crippen molar-refractivity contribution in [3.8, 4) is 0 Å². The third-order valence-electron chi connectivity index (χ3n) is 6.11. The van der Waals surface area contributed by atoms with Crippen molar-refractivity contribution in [3.63, 3.8) is 0 Å². The number of rotatable bonds is 3. The normalized spacial score (nSPS) is 21.8. The quantitative estimate of drug-likeness (QED) is 0.541. The van der Waals surface area contributed by atoms with Gasteiger partial charge >= 0.3 is 0 Å². The summed E-state index contributed by atoms with van der Waals surface area (Å²) in [4.78, 5) is 13.1. The molecule has 29 heavy (non-hydrogen) atoms. The number of allylic oxidation sites excluding steroid dienone is 2. The van der Waals surface area contributed by atoms with Crippen molar-refractivity contribution in [1.29, 1.82) is 0 Å². The van der Waals surface area contributed by atoms with Crippen molar-refractivity contribution < 1.29 is 4.79 Å². The predicted molar refractivity (Wildman–Crippen MR) is 118 cm³/mol. The Hall–Kier alpha value is -3.33. The summed E-state index contributed by atoms with van der Waals surface area (Å²) in [5, 5.41) is 6.77. The minimum Gasteiger partial charge on any atom is -0.377 e. The van der Waals surface area contributed by atoms with E-state index in [2.05, 4.69) is 60.0 Å². The van der Waals surface area contributed by atoms with Gasteiger partial charge in [-0.05, 0) is 48.6 Å². The van der Waals surface area contributed by atoms with Crippen LogP contribution in [0.1, 0.15) is 45.4 Å². The Morgan fingerprint density at radius 1 is 0.966 bits per heavy atom. The minimum absolute atomic E-state index is 0.0800. The number of hydrogen-bond donors (Lipinski definition) is 2. The lowest BCUT2D eigenvalue weighted by Gasteiger charge is -2.38. The van der Waals surface area contributed by atoms with Crippen LogP contribution in [0.2, 0.25) is 0 Å². The van der Waals surface area contributed by atoms with Gasteiger partial charge in [0.1, 0.15) is 0 Å². The van der Waals surface area contributed by atoms with Gasteiger partial charge in [0, 0.05) is 11.6 Å². The van der Waals surface area contributed by atoms with E-state index in [-0.39, 0.29) is 11.9 Å². The zero-order chi connectivity index (χ0) is 19.8. The number of nitrogens with one attached hydrogen (secondary N) is 2. The van der Waals surface area contributed by atoms with Gasteiger partial charge < -0.3 is 10.6 Å². The molecule has 3 aromatic carbocycles. The summed E-state index contributed by atoms with van der Waals surface area (Å²) >= 11 is 0. The van der Waals surface area contributed by atoms with Crippen molar-refractivity contribution in [2.75, 3.05) is 10.6 Å². The van der Waals surface area contributed by atoms with Gasteiger partial charge in [-0.15, -0.1) is 0 Å². The fraction of sp³-hybridized carbons (Fsp3) is 0.192. The first kappa shape index (κ1) is 17.7. The summed E-state index contributed by atoms with van der Waals surface area (Å²) in [6.07, 6.45) is 5.64. The van der Waals surface area contributed by atoms with Crippen LogP contribution in [0.5, 0.6) is 0 Å². The van der Waals surface area contributed by atoms with E-state index in [0.717, 1.165) is 17.8 Å². The van der Waals surface area contributed by atoms with Crippen LogP contribution < -0.4 is 10.6 Å². The Labute approximate surface area is 171 Å². The van der Waals surface area contributed by atoms with Gasteiger partial charge in [-0.25, -0.2) is 0 Å². The average Bonchev–Trinajstić information content (AvgIpc) is 3.24. The van der Waals surface area contributed by atoms with Crippen LogP contribution in [0.15, 0.2) is 84.9 Å². The van der Waals surface area contributed by atoms with E-state index in [4.69, 9.17) is 0 Å². The van der Waals surface area contributed by atoms with Crippen LogP contribution in [0.25, 0.3) is 0 Å². The molecule has 1 amide bonds. The zero-order valence-electron chi connectivity index (χ0n) is 16.4. The molecule has 5 rings (SSSR count). The number of fused-ring (bicyclic) bond motifs is 3. The zero-order valence-corrected chi connectivity index (χ0v) is 16.4. The number of carbonyl (C=O) groups is 1. The second-order valence-electron chi connectivity index (χ2n) is 7.98. The molecule has 144 valence electrons. The molecule has 0 spiro atoms. The first-order chi connectivity index (χ1) is 14.2. The van der Waals surface area contributed by atoms with Crippen LogP contribution in [0.3, 0.4) is 0 Å². The highest BCUT2D eigenvalue weighted by molar-refractivity contribution is 6.08. The average molecular weight is 380 g/mol. The Morgan fingerprint density at radius 3 is 2.55 bits per heavy atom. The highest BCUT2D eigenvalue weighted by Gasteiger charge is 2.39. The van der Waals surface area contributed by atoms with Gasteiger partial charge in [0.05, 0.1) is 17.3 Å². The Balaban J connectivity index is 1.53. The van der Waals surface area contributed by atoms with Gasteiger partial charge in [-0.3, -0.25) is 4.79 Å². The number of aryl methyl sites for hydroxylation is 1. The van der Waals surface area contributed by atoms with Crippen molar-refractivity contribution in [2.24, 2.45) is 5.92 Å². The van der Waals surface area contributed by atoms with Crippen molar-refractivity contribution in [2.45, 2.75) is 25.3 Å². The lowest BCUT2D eigenvalue weighted by atomic mass is 9.76. The molecule has 0 fully saturated rings. The van der Waals surface area contributed by atoms with Crippen molar-refractivity contribution in [1.82, 2.24) is 0 Å². The maximum Gasteiger partial charge on any atom is 0.257 e. The number of para-hydroxylation sites is 2. The molecule has 0 radical (unpaired) electrons. The molecule has 1 aliphatic heterocycles. The van der Waals surface area contributed by atoms with E-state index in [1.54, 1.807) is 0 Å².